The molecule has 0 aliphatic carbocycles. The summed E-state index contributed by atoms with van der Waals surface area (Å²) in [6.07, 6.45) is 0. The molecule has 6 nitrogen and oxygen atoms in total. The lowest BCUT2D eigenvalue weighted by Crippen LogP contribution is -2.11. The molecule has 3 heterocycles. The zero-order valence-corrected chi connectivity index (χ0v) is 22.1. The van der Waals surface area contributed by atoms with Gasteiger partial charge in [0, 0.05) is 27.8 Å². The van der Waals surface area contributed by atoms with Gasteiger partial charge in [-0.15, -0.1) is 11.8 Å². The maximum Gasteiger partial charge on any atom is 0.357 e. The van der Waals surface area contributed by atoms with Crippen molar-refractivity contribution in [3.05, 3.63) is 64.7 Å². The minimum absolute atomic E-state index is 0.371. The Labute approximate surface area is 208 Å². The van der Waals surface area contributed by atoms with Gasteiger partial charge in [-0.3, -0.25) is 4.98 Å². The van der Waals surface area contributed by atoms with Gasteiger partial charge in [0.05, 0.1) is 22.7 Å². The Morgan fingerprint density at radius 3 is 2.35 bits per heavy atom. The first-order chi connectivity index (χ1) is 16.2. The summed E-state index contributed by atoms with van der Waals surface area (Å²) in [5.74, 6) is -0.451. The molecule has 4 rings (SSSR count). The Hall–Kier alpha value is -2.97. The summed E-state index contributed by atoms with van der Waals surface area (Å²) in [5, 5.41) is 5.78. The number of carbonyl (C=O) groups excluding carboxylic acids is 1. The molecule has 0 spiro atoms. The van der Waals surface area contributed by atoms with Crippen molar-refractivity contribution in [1.29, 1.82) is 0 Å². The van der Waals surface area contributed by atoms with Crippen molar-refractivity contribution in [3.8, 4) is 27.5 Å². The topological polar surface area (TPSA) is 69.9 Å². The first kappa shape index (κ1) is 24.2. The van der Waals surface area contributed by atoms with E-state index in [1.807, 2.05) is 39.0 Å². The number of thioether (sulfide) groups is 1. The Bertz CT molecular complexity index is 1350. The fourth-order valence-corrected chi connectivity index (χ4v) is 6.41. The lowest BCUT2D eigenvalue weighted by atomic mass is 10.0. The number of pyridine rings is 1. The molecule has 0 bridgehead atoms. The molecule has 34 heavy (non-hydrogen) atoms. The molecule has 0 unspecified atom stereocenters. The summed E-state index contributed by atoms with van der Waals surface area (Å²) >= 11 is 3.30. The van der Waals surface area contributed by atoms with Gasteiger partial charge in [-0.1, -0.05) is 48.9 Å². The quantitative estimate of drug-likeness (QED) is 0.224. The van der Waals surface area contributed by atoms with E-state index in [-0.39, 0.29) is 0 Å². The molecule has 0 N–H and O–H groups in total. The van der Waals surface area contributed by atoms with Crippen LogP contribution < -0.4 is 0 Å². The van der Waals surface area contributed by atoms with Crippen LogP contribution in [0.2, 0.25) is 0 Å². The van der Waals surface area contributed by atoms with Crippen molar-refractivity contribution in [1.82, 2.24) is 19.7 Å². The Morgan fingerprint density at radius 1 is 1.03 bits per heavy atom. The van der Waals surface area contributed by atoms with Crippen molar-refractivity contribution >= 4 is 29.1 Å². The van der Waals surface area contributed by atoms with Gasteiger partial charge in [-0.25, -0.2) is 9.78 Å². The molecule has 8 heteroatoms. The van der Waals surface area contributed by atoms with Crippen molar-refractivity contribution in [2.24, 2.45) is 0 Å². The lowest BCUT2D eigenvalue weighted by molar-refractivity contribution is 0.0591. The number of nitrogens with zero attached hydrogens (tertiary/aromatic N) is 4. The highest BCUT2D eigenvalue weighted by molar-refractivity contribution is 8.01. The van der Waals surface area contributed by atoms with Gasteiger partial charge in [0.15, 0.2) is 5.69 Å². The number of thiazole rings is 1. The predicted molar refractivity (Wildman–Crippen MR) is 139 cm³/mol. The van der Waals surface area contributed by atoms with Crippen molar-refractivity contribution in [2.75, 3.05) is 7.11 Å². The van der Waals surface area contributed by atoms with Crippen LogP contribution in [0.25, 0.3) is 27.5 Å². The summed E-state index contributed by atoms with van der Waals surface area (Å²) in [4.78, 5) is 22.5. The Kier molecular flexibility index (Phi) is 6.91. The fourth-order valence-electron chi connectivity index (χ4n) is 3.93. The monoisotopic (exact) mass is 492 g/mol. The number of aryl methyl sites for hydroxylation is 4. The third kappa shape index (κ3) is 4.79. The number of methoxy groups -OCH3 is 1. The lowest BCUT2D eigenvalue weighted by Gasteiger charge is -2.08. The van der Waals surface area contributed by atoms with Crippen molar-refractivity contribution in [2.45, 2.75) is 51.0 Å². The van der Waals surface area contributed by atoms with E-state index in [4.69, 9.17) is 14.8 Å². The highest BCUT2D eigenvalue weighted by Gasteiger charge is 2.28. The second-order valence-electron chi connectivity index (χ2n) is 8.52. The van der Waals surface area contributed by atoms with Crippen LogP contribution in [-0.4, -0.2) is 38.1 Å². The van der Waals surface area contributed by atoms with Gasteiger partial charge in [-0.2, -0.15) is 9.78 Å². The van der Waals surface area contributed by atoms with Gasteiger partial charge in [0.1, 0.15) is 0 Å². The van der Waals surface area contributed by atoms with Crippen LogP contribution in [0, 0.1) is 27.7 Å². The molecule has 0 aliphatic heterocycles. The fraction of sp³-hybridized carbons (Fsp3) is 0.308. The maximum atomic E-state index is 13.0. The minimum Gasteiger partial charge on any atom is -0.464 e. The van der Waals surface area contributed by atoms with E-state index >= 15 is 0 Å². The van der Waals surface area contributed by atoms with Gasteiger partial charge in [-0.05, 0) is 51.5 Å². The van der Waals surface area contributed by atoms with E-state index in [0.29, 0.717) is 16.1 Å². The second-order valence-corrected chi connectivity index (χ2v) is 11.3. The predicted octanol–water partition coefficient (Wildman–Crippen LogP) is 6.58. The normalized spacial score (nSPS) is 11.3. The molecule has 0 amide bonds. The zero-order chi connectivity index (χ0) is 24.6. The van der Waals surface area contributed by atoms with Gasteiger partial charge in [0.25, 0.3) is 0 Å². The number of benzene rings is 1. The number of carbonyl (C=O) groups is 1. The molecule has 176 valence electrons. The molecule has 0 atom stereocenters. The zero-order valence-electron chi connectivity index (χ0n) is 20.5. The molecule has 0 radical (unpaired) electrons. The molecule has 1 aromatic carbocycles. The van der Waals surface area contributed by atoms with Crippen LogP contribution in [0.5, 0.6) is 0 Å². The van der Waals surface area contributed by atoms with Crippen LogP contribution >= 0.6 is 23.1 Å². The van der Waals surface area contributed by atoms with E-state index in [1.165, 1.54) is 24.0 Å². The molecular formula is C26H28N4O2S2. The molecule has 0 saturated heterocycles. The van der Waals surface area contributed by atoms with E-state index in [2.05, 4.69) is 44.0 Å². The van der Waals surface area contributed by atoms with Gasteiger partial charge < -0.3 is 4.74 Å². The van der Waals surface area contributed by atoms with E-state index in [0.717, 1.165) is 43.7 Å². The first-order valence-corrected chi connectivity index (χ1v) is 12.8. The summed E-state index contributed by atoms with van der Waals surface area (Å²) in [6.45, 7) is 12.2. The second kappa shape index (κ2) is 9.72. The number of hydrogen-bond donors (Lipinski definition) is 0. The average Bonchev–Trinajstić information content (AvgIpc) is 3.33. The number of ether oxygens (including phenoxy) is 1. The third-order valence-corrected chi connectivity index (χ3v) is 7.45. The molecule has 4 aromatic rings. The molecule has 3 aromatic heterocycles. The van der Waals surface area contributed by atoms with E-state index in [9.17, 15) is 4.79 Å². The highest BCUT2D eigenvalue weighted by atomic mass is 32.2. The van der Waals surface area contributed by atoms with Crippen molar-refractivity contribution < 1.29 is 9.53 Å². The third-order valence-electron chi connectivity index (χ3n) is 5.21. The first-order valence-electron chi connectivity index (χ1n) is 11.1. The number of esters is 1. The molecule has 0 aliphatic rings. The number of hydrogen-bond acceptors (Lipinski definition) is 7. The SMILES string of the molecule is COC(=O)c1c(-c2cc(C)nc(C)c2)c(C)nn1-c1nc(-c2cccc(C)c2)c(SC(C)C)s1. The summed E-state index contributed by atoms with van der Waals surface area (Å²) < 4.78 is 7.92. The van der Waals surface area contributed by atoms with Crippen LogP contribution in [-0.2, 0) is 4.74 Å². The molecule has 0 saturated carbocycles. The van der Waals surface area contributed by atoms with Crippen LogP contribution in [0.4, 0.5) is 0 Å². The maximum absolute atomic E-state index is 13.0. The minimum atomic E-state index is -0.451. The molecular weight excluding hydrogens is 464 g/mol. The summed E-state index contributed by atoms with van der Waals surface area (Å²) in [5.41, 5.74) is 7.62. The van der Waals surface area contributed by atoms with E-state index in [1.54, 1.807) is 16.4 Å². The molecule has 0 fully saturated rings. The summed E-state index contributed by atoms with van der Waals surface area (Å²) in [6, 6.07) is 12.2. The summed E-state index contributed by atoms with van der Waals surface area (Å²) in [7, 11) is 1.39. The number of rotatable bonds is 6. The Morgan fingerprint density at radius 2 is 1.74 bits per heavy atom. The Balaban J connectivity index is 1.95. The van der Waals surface area contributed by atoms with E-state index < -0.39 is 5.97 Å². The standard InChI is InChI=1S/C26H28N4O2S2/c1-14(2)33-25-22(19-10-8-9-15(3)11-19)28-26(34-25)30-23(24(31)32-7)21(18(6)29-30)20-12-16(4)27-17(5)13-20/h8-14H,1-7H3. The average molecular weight is 493 g/mol. The highest BCUT2D eigenvalue weighted by Crippen LogP contribution is 2.41. The number of aromatic nitrogens is 4. The van der Waals surface area contributed by atoms with Crippen LogP contribution in [0.15, 0.2) is 40.6 Å². The van der Waals surface area contributed by atoms with Gasteiger partial charge in [0.2, 0.25) is 5.13 Å². The smallest absolute Gasteiger partial charge is 0.357 e. The largest absolute Gasteiger partial charge is 0.464 e. The van der Waals surface area contributed by atoms with Crippen LogP contribution in [0.3, 0.4) is 0 Å². The van der Waals surface area contributed by atoms with Gasteiger partial charge >= 0.3 is 5.97 Å². The van der Waals surface area contributed by atoms with Crippen LogP contribution in [0.1, 0.15) is 47.0 Å². The van der Waals surface area contributed by atoms with Crippen molar-refractivity contribution in [3.63, 3.8) is 0 Å².